The summed E-state index contributed by atoms with van der Waals surface area (Å²) in [6.45, 7) is 4.74. The summed E-state index contributed by atoms with van der Waals surface area (Å²) in [5, 5.41) is 5.42. The van der Waals surface area contributed by atoms with Gasteiger partial charge in [0.1, 0.15) is 0 Å². The van der Waals surface area contributed by atoms with Gasteiger partial charge in [-0.05, 0) is 43.2 Å². The molecule has 2 rings (SSSR count). The summed E-state index contributed by atoms with van der Waals surface area (Å²) in [4.78, 5) is 16.1. The number of aryl methyl sites for hydroxylation is 2. The van der Waals surface area contributed by atoms with Crippen LogP contribution in [-0.2, 0) is 6.42 Å². The SMILES string of the molecule is CCc1cccc(C)c1NC(=O)NC(N)=NCC1CC1. The summed E-state index contributed by atoms with van der Waals surface area (Å²) < 4.78 is 0. The molecule has 2 amide bonds. The number of carbonyl (C=O) groups is 1. The number of nitrogens with zero attached hydrogens (tertiary/aromatic N) is 1. The van der Waals surface area contributed by atoms with Gasteiger partial charge in [-0.1, -0.05) is 25.1 Å². The van der Waals surface area contributed by atoms with E-state index in [-0.39, 0.29) is 12.0 Å². The largest absolute Gasteiger partial charge is 0.370 e. The van der Waals surface area contributed by atoms with E-state index in [0.717, 1.165) is 23.2 Å². The third-order valence-corrected chi connectivity index (χ3v) is 3.44. The van der Waals surface area contributed by atoms with Crippen LogP contribution in [0.4, 0.5) is 10.5 Å². The number of carbonyl (C=O) groups excluding carboxylic acids is 1. The molecule has 20 heavy (non-hydrogen) atoms. The molecule has 5 heteroatoms. The molecular formula is C15H22N4O. The molecule has 4 N–H and O–H groups in total. The van der Waals surface area contributed by atoms with E-state index in [1.54, 1.807) is 0 Å². The highest BCUT2D eigenvalue weighted by atomic mass is 16.2. The van der Waals surface area contributed by atoms with E-state index in [2.05, 4.69) is 22.5 Å². The zero-order valence-electron chi connectivity index (χ0n) is 12.1. The van der Waals surface area contributed by atoms with Gasteiger partial charge in [-0.25, -0.2) is 4.79 Å². The van der Waals surface area contributed by atoms with Gasteiger partial charge in [0.05, 0.1) is 0 Å². The smallest absolute Gasteiger partial charge is 0.326 e. The first-order chi connectivity index (χ1) is 9.60. The van der Waals surface area contributed by atoms with Gasteiger partial charge in [0.2, 0.25) is 0 Å². The maximum Gasteiger partial charge on any atom is 0.326 e. The van der Waals surface area contributed by atoms with Gasteiger partial charge < -0.3 is 11.1 Å². The number of nitrogens with two attached hydrogens (primary N) is 1. The zero-order chi connectivity index (χ0) is 14.5. The molecule has 0 aromatic heterocycles. The van der Waals surface area contributed by atoms with Crippen molar-refractivity contribution in [2.45, 2.75) is 33.1 Å². The van der Waals surface area contributed by atoms with E-state index in [0.29, 0.717) is 12.5 Å². The summed E-state index contributed by atoms with van der Waals surface area (Å²) in [6.07, 6.45) is 3.29. The number of benzene rings is 1. The summed E-state index contributed by atoms with van der Waals surface area (Å²) >= 11 is 0. The van der Waals surface area contributed by atoms with Crippen LogP contribution in [-0.4, -0.2) is 18.5 Å². The summed E-state index contributed by atoms with van der Waals surface area (Å²) in [5.74, 6) is 0.836. The molecule has 0 bridgehead atoms. The lowest BCUT2D eigenvalue weighted by atomic mass is 10.1. The molecule has 1 saturated carbocycles. The fourth-order valence-electron chi connectivity index (χ4n) is 2.03. The Labute approximate surface area is 119 Å². The van der Waals surface area contributed by atoms with Crippen LogP contribution in [0.25, 0.3) is 0 Å². The number of aliphatic imine (C=N–C) groups is 1. The Bertz CT molecular complexity index is 521. The Morgan fingerprint density at radius 3 is 2.85 bits per heavy atom. The van der Waals surface area contributed by atoms with E-state index < -0.39 is 0 Å². The molecule has 108 valence electrons. The van der Waals surface area contributed by atoms with Crippen molar-refractivity contribution < 1.29 is 4.79 Å². The molecule has 0 aliphatic heterocycles. The zero-order valence-corrected chi connectivity index (χ0v) is 12.1. The predicted molar refractivity (Wildman–Crippen MR) is 81.9 cm³/mol. The first-order valence-electron chi connectivity index (χ1n) is 7.06. The number of urea groups is 1. The Hall–Kier alpha value is -2.04. The molecule has 0 atom stereocenters. The third kappa shape index (κ3) is 3.98. The fraction of sp³-hybridized carbons (Fsp3) is 0.467. The molecule has 1 aromatic rings. The fourth-order valence-corrected chi connectivity index (χ4v) is 2.03. The molecule has 1 aliphatic rings. The third-order valence-electron chi connectivity index (χ3n) is 3.44. The van der Waals surface area contributed by atoms with Crippen molar-refractivity contribution in [1.82, 2.24) is 5.32 Å². The van der Waals surface area contributed by atoms with Crippen molar-refractivity contribution in [3.8, 4) is 0 Å². The highest BCUT2D eigenvalue weighted by Gasteiger charge is 2.20. The van der Waals surface area contributed by atoms with Crippen LogP contribution in [0.5, 0.6) is 0 Å². The first-order valence-corrected chi connectivity index (χ1v) is 7.06. The van der Waals surface area contributed by atoms with Crippen LogP contribution in [0.1, 0.15) is 30.9 Å². The number of hydrogen-bond acceptors (Lipinski definition) is 2. The van der Waals surface area contributed by atoms with Gasteiger partial charge in [0.15, 0.2) is 5.96 Å². The van der Waals surface area contributed by atoms with Crippen LogP contribution in [0.2, 0.25) is 0 Å². The van der Waals surface area contributed by atoms with Crippen LogP contribution in [0.15, 0.2) is 23.2 Å². The predicted octanol–water partition coefficient (Wildman–Crippen LogP) is 2.40. The van der Waals surface area contributed by atoms with Gasteiger partial charge in [-0.15, -0.1) is 0 Å². The van der Waals surface area contributed by atoms with Gasteiger partial charge in [-0.3, -0.25) is 10.3 Å². The van der Waals surface area contributed by atoms with E-state index in [4.69, 9.17) is 5.73 Å². The monoisotopic (exact) mass is 274 g/mol. The number of para-hydroxylation sites is 1. The molecule has 5 nitrogen and oxygen atoms in total. The molecule has 1 aliphatic carbocycles. The van der Waals surface area contributed by atoms with Crippen molar-refractivity contribution in [2.75, 3.05) is 11.9 Å². The Morgan fingerprint density at radius 1 is 1.45 bits per heavy atom. The molecular weight excluding hydrogens is 252 g/mol. The number of anilines is 1. The van der Waals surface area contributed by atoms with Gasteiger partial charge >= 0.3 is 6.03 Å². The van der Waals surface area contributed by atoms with Crippen LogP contribution >= 0.6 is 0 Å². The maximum absolute atomic E-state index is 11.9. The number of nitrogens with one attached hydrogen (secondary N) is 2. The quantitative estimate of drug-likeness (QED) is 0.582. The van der Waals surface area contributed by atoms with Crippen molar-refractivity contribution in [3.05, 3.63) is 29.3 Å². The Balaban J connectivity index is 1.95. The first kappa shape index (κ1) is 14.4. The standard InChI is InChI=1S/C15H22N4O/c1-3-12-6-4-5-10(2)13(12)18-15(20)19-14(16)17-9-11-7-8-11/h4-6,11H,3,7-9H2,1-2H3,(H4,16,17,18,19,20). The Morgan fingerprint density at radius 2 is 2.20 bits per heavy atom. The van der Waals surface area contributed by atoms with Crippen molar-refractivity contribution in [1.29, 1.82) is 0 Å². The molecule has 0 spiro atoms. The Kier molecular flexibility index (Phi) is 4.61. The number of rotatable bonds is 4. The molecule has 0 radical (unpaired) electrons. The number of hydrogen-bond donors (Lipinski definition) is 3. The number of guanidine groups is 1. The van der Waals surface area contributed by atoms with Gasteiger partial charge in [0, 0.05) is 12.2 Å². The summed E-state index contributed by atoms with van der Waals surface area (Å²) in [7, 11) is 0. The molecule has 1 fully saturated rings. The second-order valence-electron chi connectivity index (χ2n) is 5.21. The highest BCUT2D eigenvalue weighted by Crippen LogP contribution is 2.28. The molecule has 0 unspecified atom stereocenters. The second kappa shape index (κ2) is 6.41. The van der Waals surface area contributed by atoms with Gasteiger partial charge in [0.25, 0.3) is 0 Å². The van der Waals surface area contributed by atoms with E-state index in [1.165, 1.54) is 12.8 Å². The highest BCUT2D eigenvalue weighted by molar-refractivity contribution is 6.02. The molecule has 1 aromatic carbocycles. The topological polar surface area (TPSA) is 79.5 Å². The lowest BCUT2D eigenvalue weighted by molar-refractivity contribution is 0.256. The average molecular weight is 274 g/mol. The minimum absolute atomic E-state index is 0.182. The molecule has 0 saturated heterocycles. The lowest BCUT2D eigenvalue weighted by Gasteiger charge is -2.13. The van der Waals surface area contributed by atoms with E-state index in [9.17, 15) is 4.79 Å². The van der Waals surface area contributed by atoms with Crippen LogP contribution in [0.3, 0.4) is 0 Å². The van der Waals surface area contributed by atoms with Crippen molar-refractivity contribution in [3.63, 3.8) is 0 Å². The second-order valence-corrected chi connectivity index (χ2v) is 5.21. The average Bonchev–Trinajstić information content (AvgIpc) is 3.23. The maximum atomic E-state index is 11.9. The van der Waals surface area contributed by atoms with E-state index in [1.807, 2.05) is 25.1 Å². The minimum Gasteiger partial charge on any atom is -0.370 e. The van der Waals surface area contributed by atoms with Crippen molar-refractivity contribution >= 4 is 17.7 Å². The van der Waals surface area contributed by atoms with Gasteiger partial charge in [-0.2, -0.15) is 0 Å². The van der Waals surface area contributed by atoms with Crippen molar-refractivity contribution in [2.24, 2.45) is 16.6 Å². The summed E-state index contributed by atoms with van der Waals surface area (Å²) in [6, 6.07) is 5.63. The van der Waals surface area contributed by atoms with Crippen LogP contribution in [0, 0.1) is 12.8 Å². The summed E-state index contributed by atoms with van der Waals surface area (Å²) in [5.41, 5.74) is 8.68. The normalized spacial score (nSPS) is 15.0. The van der Waals surface area contributed by atoms with Crippen LogP contribution < -0.4 is 16.4 Å². The lowest BCUT2D eigenvalue weighted by Crippen LogP contribution is -2.40. The van der Waals surface area contributed by atoms with E-state index >= 15 is 0 Å². The minimum atomic E-state index is -0.342. The number of amides is 2. The molecule has 0 heterocycles.